The Morgan fingerprint density at radius 3 is 2.61 bits per heavy atom. The van der Waals surface area contributed by atoms with Crippen LogP contribution in [-0.4, -0.2) is 34.5 Å². The van der Waals surface area contributed by atoms with Crippen LogP contribution in [0.2, 0.25) is 0 Å². The first-order chi connectivity index (χ1) is 16.2. The second-order valence-corrected chi connectivity index (χ2v) is 7.24. The van der Waals surface area contributed by atoms with Crippen molar-refractivity contribution in [3.63, 3.8) is 0 Å². The molecule has 33 heavy (non-hydrogen) atoms. The molecule has 0 aliphatic carbocycles. The molecule has 166 valence electrons. The molecule has 1 amide bonds. The lowest BCUT2D eigenvalue weighted by atomic mass is 10.1. The lowest BCUT2D eigenvalue weighted by Crippen LogP contribution is -2.14. The molecule has 8 nitrogen and oxygen atoms in total. The van der Waals surface area contributed by atoms with Crippen molar-refractivity contribution >= 4 is 29.4 Å². The SMILES string of the molecule is Cc1ccc(N(C=O)c2ccc(OCCN)cc2)cc1Nc1nccc(-c2cccnc2)n1. The van der Waals surface area contributed by atoms with Gasteiger partial charge in [0, 0.05) is 42.1 Å². The Morgan fingerprint density at radius 1 is 1.06 bits per heavy atom. The molecule has 0 spiro atoms. The number of carbonyl (C=O) groups is 1. The highest BCUT2D eigenvalue weighted by Gasteiger charge is 2.12. The van der Waals surface area contributed by atoms with E-state index < -0.39 is 0 Å². The minimum Gasteiger partial charge on any atom is -0.492 e. The van der Waals surface area contributed by atoms with Crippen LogP contribution in [0.15, 0.2) is 79.3 Å². The summed E-state index contributed by atoms with van der Waals surface area (Å²) in [4.78, 5) is 26.6. The molecular formula is C25H24N6O2. The maximum absolute atomic E-state index is 11.9. The summed E-state index contributed by atoms with van der Waals surface area (Å²) in [7, 11) is 0. The van der Waals surface area contributed by atoms with Crippen molar-refractivity contribution in [2.75, 3.05) is 23.4 Å². The quantitative estimate of drug-likeness (QED) is 0.375. The summed E-state index contributed by atoms with van der Waals surface area (Å²) in [6.07, 6.45) is 5.96. The van der Waals surface area contributed by atoms with Crippen molar-refractivity contribution in [1.29, 1.82) is 0 Å². The Bertz CT molecular complexity index is 1220. The van der Waals surface area contributed by atoms with Crippen molar-refractivity contribution in [1.82, 2.24) is 15.0 Å². The van der Waals surface area contributed by atoms with Crippen LogP contribution < -0.4 is 20.7 Å². The maximum Gasteiger partial charge on any atom is 0.227 e. The zero-order chi connectivity index (χ0) is 23.0. The summed E-state index contributed by atoms with van der Waals surface area (Å²) in [5.74, 6) is 1.16. The molecular weight excluding hydrogens is 416 g/mol. The molecule has 0 aliphatic rings. The van der Waals surface area contributed by atoms with Gasteiger partial charge < -0.3 is 15.8 Å². The molecule has 2 aromatic carbocycles. The number of nitrogens with one attached hydrogen (secondary N) is 1. The third kappa shape index (κ3) is 5.31. The van der Waals surface area contributed by atoms with Crippen LogP contribution in [0.25, 0.3) is 11.3 Å². The normalized spacial score (nSPS) is 10.5. The summed E-state index contributed by atoms with van der Waals surface area (Å²) in [5.41, 5.74) is 10.4. The Balaban J connectivity index is 1.58. The van der Waals surface area contributed by atoms with E-state index >= 15 is 0 Å². The van der Waals surface area contributed by atoms with E-state index in [-0.39, 0.29) is 0 Å². The first kappa shape index (κ1) is 21.9. The van der Waals surface area contributed by atoms with Crippen LogP contribution >= 0.6 is 0 Å². The molecule has 0 bridgehead atoms. The van der Waals surface area contributed by atoms with Gasteiger partial charge in [0.1, 0.15) is 12.4 Å². The van der Waals surface area contributed by atoms with Gasteiger partial charge in [-0.3, -0.25) is 14.7 Å². The fourth-order valence-electron chi connectivity index (χ4n) is 3.26. The van der Waals surface area contributed by atoms with E-state index in [1.54, 1.807) is 23.5 Å². The molecule has 0 radical (unpaired) electrons. The number of ether oxygens (including phenoxy) is 1. The topological polar surface area (TPSA) is 106 Å². The van der Waals surface area contributed by atoms with Gasteiger partial charge >= 0.3 is 0 Å². The number of amides is 1. The van der Waals surface area contributed by atoms with Crippen LogP contribution in [0.4, 0.5) is 23.0 Å². The van der Waals surface area contributed by atoms with Crippen molar-refractivity contribution in [3.05, 3.63) is 84.8 Å². The largest absolute Gasteiger partial charge is 0.492 e. The van der Waals surface area contributed by atoms with Gasteiger partial charge in [-0.1, -0.05) is 6.07 Å². The standard InChI is InChI=1S/C25H24N6O2/c1-18-4-5-21(31(17-32)20-6-8-22(9-7-20)33-14-11-26)15-24(18)30-25-28-13-10-23(29-25)19-3-2-12-27-16-19/h2-10,12-13,15-17H,11,14,26H2,1H3,(H,28,29,30). The molecule has 0 unspecified atom stereocenters. The fourth-order valence-corrected chi connectivity index (χ4v) is 3.26. The van der Waals surface area contributed by atoms with Gasteiger partial charge in [-0.05, 0) is 67.1 Å². The number of carbonyl (C=O) groups excluding carboxylic acids is 1. The number of hydrogen-bond acceptors (Lipinski definition) is 7. The van der Waals surface area contributed by atoms with Crippen molar-refractivity contribution in [2.45, 2.75) is 6.92 Å². The number of rotatable bonds is 9. The summed E-state index contributed by atoms with van der Waals surface area (Å²) in [6.45, 7) is 2.86. The predicted molar refractivity (Wildman–Crippen MR) is 129 cm³/mol. The molecule has 2 heterocycles. The van der Waals surface area contributed by atoms with E-state index in [4.69, 9.17) is 10.5 Å². The third-order valence-electron chi connectivity index (χ3n) is 4.97. The molecule has 8 heteroatoms. The Morgan fingerprint density at radius 2 is 1.88 bits per heavy atom. The molecule has 0 fully saturated rings. The van der Waals surface area contributed by atoms with Crippen LogP contribution in [0.3, 0.4) is 0 Å². The van der Waals surface area contributed by atoms with Crippen LogP contribution in [0.5, 0.6) is 5.75 Å². The van der Waals surface area contributed by atoms with Gasteiger partial charge in [-0.25, -0.2) is 9.97 Å². The van der Waals surface area contributed by atoms with Crippen LogP contribution in [0, 0.1) is 6.92 Å². The van der Waals surface area contributed by atoms with Gasteiger partial charge in [-0.15, -0.1) is 0 Å². The molecule has 2 aromatic heterocycles. The monoisotopic (exact) mass is 440 g/mol. The Hall–Kier alpha value is -4.30. The molecule has 0 aliphatic heterocycles. The highest BCUT2D eigenvalue weighted by atomic mass is 16.5. The van der Waals surface area contributed by atoms with E-state index in [2.05, 4.69) is 20.3 Å². The zero-order valence-electron chi connectivity index (χ0n) is 18.2. The van der Waals surface area contributed by atoms with Gasteiger partial charge in [0.25, 0.3) is 0 Å². The first-order valence-corrected chi connectivity index (χ1v) is 10.5. The van der Waals surface area contributed by atoms with E-state index in [9.17, 15) is 4.79 Å². The minimum absolute atomic E-state index is 0.438. The molecule has 4 aromatic rings. The number of anilines is 4. The number of pyridine rings is 1. The molecule has 4 rings (SSSR count). The second kappa shape index (κ2) is 10.3. The van der Waals surface area contributed by atoms with Gasteiger partial charge in [-0.2, -0.15) is 0 Å². The summed E-state index contributed by atoms with van der Waals surface area (Å²) < 4.78 is 5.51. The lowest BCUT2D eigenvalue weighted by molar-refractivity contribution is -0.106. The Labute approximate surface area is 192 Å². The fraction of sp³-hybridized carbons (Fsp3) is 0.120. The smallest absolute Gasteiger partial charge is 0.227 e. The number of nitrogens with two attached hydrogens (primary N) is 1. The average Bonchev–Trinajstić information content (AvgIpc) is 2.86. The number of aryl methyl sites for hydroxylation is 1. The van der Waals surface area contributed by atoms with E-state index in [1.165, 1.54) is 0 Å². The first-order valence-electron chi connectivity index (χ1n) is 10.5. The van der Waals surface area contributed by atoms with Crippen molar-refractivity contribution in [2.24, 2.45) is 5.73 Å². The van der Waals surface area contributed by atoms with Gasteiger partial charge in [0.2, 0.25) is 12.4 Å². The highest BCUT2D eigenvalue weighted by molar-refractivity contribution is 5.88. The lowest BCUT2D eigenvalue weighted by Gasteiger charge is -2.20. The minimum atomic E-state index is 0.438. The summed E-state index contributed by atoms with van der Waals surface area (Å²) >= 11 is 0. The molecule has 0 atom stereocenters. The number of benzene rings is 2. The van der Waals surface area contributed by atoms with Crippen molar-refractivity contribution in [3.8, 4) is 17.0 Å². The zero-order valence-corrected chi connectivity index (χ0v) is 18.2. The van der Waals surface area contributed by atoms with E-state index in [0.29, 0.717) is 30.5 Å². The highest BCUT2D eigenvalue weighted by Crippen LogP contribution is 2.30. The van der Waals surface area contributed by atoms with E-state index in [1.807, 2.05) is 67.6 Å². The molecule has 0 saturated carbocycles. The number of hydrogen-bond donors (Lipinski definition) is 2. The second-order valence-electron chi connectivity index (χ2n) is 7.24. The van der Waals surface area contributed by atoms with E-state index in [0.717, 1.165) is 34.6 Å². The van der Waals surface area contributed by atoms with Crippen LogP contribution in [0.1, 0.15) is 5.56 Å². The van der Waals surface area contributed by atoms with Crippen molar-refractivity contribution < 1.29 is 9.53 Å². The average molecular weight is 441 g/mol. The van der Waals surface area contributed by atoms with Crippen LogP contribution in [-0.2, 0) is 4.79 Å². The van der Waals surface area contributed by atoms with Gasteiger partial charge in [0.15, 0.2) is 0 Å². The Kier molecular flexibility index (Phi) is 6.87. The molecule has 0 saturated heterocycles. The summed E-state index contributed by atoms with van der Waals surface area (Å²) in [6, 6.07) is 18.6. The summed E-state index contributed by atoms with van der Waals surface area (Å²) in [5, 5.41) is 3.27. The van der Waals surface area contributed by atoms with Gasteiger partial charge in [0.05, 0.1) is 11.4 Å². The maximum atomic E-state index is 11.9. The number of nitrogens with zero attached hydrogens (tertiary/aromatic N) is 4. The predicted octanol–water partition coefficient (Wildman–Crippen LogP) is 4.22. The third-order valence-corrected chi connectivity index (χ3v) is 4.97. The molecule has 3 N–H and O–H groups in total. The number of aromatic nitrogens is 3.